The first-order chi connectivity index (χ1) is 14.1. The van der Waals surface area contributed by atoms with E-state index < -0.39 is 0 Å². The first kappa shape index (κ1) is 19.7. The average molecular weight is 387 g/mol. The Balaban J connectivity index is 1.57. The molecule has 0 spiro atoms. The van der Waals surface area contributed by atoms with Crippen LogP contribution in [0.5, 0.6) is 5.75 Å². The van der Waals surface area contributed by atoms with Gasteiger partial charge < -0.3 is 20.7 Å². The van der Waals surface area contributed by atoms with Gasteiger partial charge in [-0.15, -0.1) is 0 Å². The van der Waals surface area contributed by atoms with Gasteiger partial charge in [0, 0.05) is 28.7 Å². The molecule has 3 N–H and O–H groups in total. The van der Waals surface area contributed by atoms with Crippen LogP contribution in [0.2, 0.25) is 0 Å². The molecule has 0 saturated carbocycles. The van der Waals surface area contributed by atoms with Gasteiger partial charge in [-0.1, -0.05) is 36.9 Å². The van der Waals surface area contributed by atoms with Crippen molar-refractivity contribution in [3.63, 3.8) is 0 Å². The van der Waals surface area contributed by atoms with Crippen molar-refractivity contribution >= 4 is 29.0 Å². The van der Waals surface area contributed by atoms with Crippen molar-refractivity contribution in [1.29, 1.82) is 0 Å². The number of hydrogen-bond acceptors (Lipinski definition) is 3. The first-order valence-electron chi connectivity index (χ1n) is 9.02. The maximum Gasteiger partial charge on any atom is 0.323 e. The minimum atomic E-state index is -0.357. The van der Waals surface area contributed by atoms with E-state index >= 15 is 0 Å². The Kier molecular flexibility index (Phi) is 6.62. The molecule has 0 aliphatic carbocycles. The number of carbonyl (C=O) groups excluding carboxylic acids is 2. The number of rotatable bonds is 7. The van der Waals surface area contributed by atoms with Crippen LogP contribution < -0.4 is 20.7 Å². The third-order valence-electron chi connectivity index (χ3n) is 3.90. The standard InChI is InChI=1S/C23H21N3O3/c1-2-15-29-21-10-6-9-20(16-21)24-22(27)17-11-13-19(14-12-17)26-23(28)25-18-7-4-3-5-8-18/h2-14,16H,1,15H2,(H,24,27)(H2,25,26,28). The fourth-order valence-electron chi connectivity index (χ4n) is 2.54. The van der Waals surface area contributed by atoms with E-state index in [1.807, 2.05) is 18.2 Å². The zero-order valence-corrected chi connectivity index (χ0v) is 15.7. The van der Waals surface area contributed by atoms with E-state index in [4.69, 9.17) is 4.74 Å². The molecule has 0 aliphatic rings. The molecular formula is C23H21N3O3. The van der Waals surface area contributed by atoms with Crippen LogP contribution in [0.4, 0.5) is 21.9 Å². The summed E-state index contributed by atoms with van der Waals surface area (Å²) in [6.07, 6.45) is 1.65. The lowest BCUT2D eigenvalue weighted by atomic mass is 10.2. The zero-order valence-electron chi connectivity index (χ0n) is 15.7. The molecule has 0 unspecified atom stereocenters. The summed E-state index contributed by atoms with van der Waals surface area (Å²) in [5, 5.41) is 8.28. The van der Waals surface area contributed by atoms with Crippen LogP contribution in [0.25, 0.3) is 0 Å². The molecule has 3 rings (SSSR count). The second kappa shape index (κ2) is 9.75. The van der Waals surface area contributed by atoms with Crippen molar-refractivity contribution < 1.29 is 14.3 Å². The van der Waals surface area contributed by atoms with Gasteiger partial charge in [0.05, 0.1) is 0 Å². The second-order valence-corrected chi connectivity index (χ2v) is 6.10. The minimum absolute atomic E-state index is 0.258. The molecule has 3 amide bonds. The highest BCUT2D eigenvalue weighted by Gasteiger charge is 2.08. The van der Waals surface area contributed by atoms with Gasteiger partial charge in [0.15, 0.2) is 0 Å². The molecule has 0 aromatic heterocycles. The number of nitrogens with one attached hydrogen (secondary N) is 3. The Bertz CT molecular complexity index is 986. The number of amides is 3. The molecule has 0 heterocycles. The van der Waals surface area contributed by atoms with Gasteiger partial charge in [0.2, 0.25) is 0 Å². The summed E-state index contributed by atoms with van der Waals surface area (Å²) in [5.41, 5.74) is 2.37. The van der Waals surface area contributed by atoms with Crippen LogP contribution in [-0.4, -0.2) is 18.5 Å². The number of ether oxygens (including phenoxy) is 1. The van der Waals surface area contributed by atoms with E-state index in [2.05, 4.69) is 22.5 Å². The molecule has 3 aromatic carbocycles. The van der Waals surface area contributed by atoms with Crippen LogP contribution in [0.15, 0.2) is 91.5 Å². The molecule has 3 aromatic rings. The number of urea groups is 1. The van der Waals surface area contributed by atoms with Gasteiger partial charge in [-0.05, 0) is 48.5 Å². The van der Waals surface area contributed by atoms with Gasteiger partial charge in [0.1, 0.15) is 12.4 Å². The van der Waals surface area contributed by atoms with Gasteiger partial charge in [-0.2, -0.15) is 0 Å². The Morgan fingerprint density at radius 3 is 2.14 bits per heavy atom. The quantitative estimate of drug-likeness (QED) is 0.491. The monoisotopic (exact) mass is 387 g/mol. The fraction of sp³-hybridized carbons (Fsp3) is 0.0435. The summed E-state index contributed by atoms with van der Waals surface area (Å²) in [6.45, 7) is 4.00. The number of benzene rings is 3. The second-order valence-electron chi connectivity index (χ2n) is 6.10. The van der Waals surface area contributed by atoms with Crippen molar-refractivity contribution in [2.45, 2.75) is 0 Å². The smallest absolute Gasteiger partial charge is 0.323 e. The third-order valence-corrected chi connectivity index (χ3v) is 3.90. The summed E-state index contributed by atoms with van der Waals surface area (Å²) in [4.78, 5) is 24.5. The highest BCUT2D eigenvalue weighted by atomic mass is 16.5. The molecule has 0 saturated heterocycles. The summed E-state index contributed by atoms with van der Waals surface area (Å²) in [7, 11) is 0. The SMILES string of the molecule is C=CCOc1cccc(NC(=O)c2ccc(NC(=O)Nc3ccccc3)cc2)c1. The molecule has 0 fully saturated rings. The van der Waals surface area contributed by atoms with Crippen LogP contribution >= 0.6 is 0 Å². The van der Waals surface area contributed by atoms with E-state index in [9.17, 15) is 9.59 Å². The molecule has 0 bridgehead atoms. The van der Waals surface area contributed by atoms with Crippen molar-refractivity contribution in [2.75, 3.05) is 22.6 Å². The molecule has 29 heavy (non-hydrogen) atoms. The predicted molar refractivity (Wildman–Crippen MR) is 116 cm³/mol. The summed E-state index contributed by atoms with van der Waals surface area (Å²) in [5.74, 6) is 0.387. The van der Waals surface area contributed by atoms with Crippen LogP contribution in [-0.2, 0) is 0 Å². The average Bonchev–Trinajstić information content (AvgIpc) is 2.73. The topological polar surface area (TPSA) is 79.5 Å². The van der Waals surface area contributed by atoms with Crippen molar-refractivity contribution in [1.82, 2.24) is 0 Å². The van der Waals surface area contributed by atoms with Crippen LogP contribution in [0, 0.1) is 0 Å². The summed E-state index contributed by atoms with van der Waals surface area (Å²) in [6, 6.07) is 22.5. The van der Waals surface area contributed by atoms with E-state index in [-0.39, 0.29) is 11.9 Å². The van der Waals surface area contributed by atoms with Crippen molar-refractivity contribution in [2.24, 2.45) is 0 Å². The molecular weight excluding hydrogens is 366 g/mol. The molecule has 146 valence electrons. The molecule has 6 nitrogen and oxygen atoms in total. The third kappa shape index (κ3) is 5.97. The van der Waals surface area contributed by atoms with E-state index in [1.54, 1.807) is 66.7 Å². The normalized spacial score (nSPS) is 9.93. The van der Waals surface area contributed by atoms with Crippen LogP contribution in [0.1, 0.15) is 10.4 Å². The Hall–Kier alpha value is -4.06. The number of hydrogen-bond donors (Lipinski definition) is 3. The van der Waals surface area contributed by atoms with Crippen molar-refractivity contribution in [3.8, 4) is 5.75 Å². The lowest BCUT2D eigenvalue weighted by Gasteiger charge is -2.10. The van der Waals surface area contributed by atoms with E-state index in [1.165, 1.54) is 0 Å². The zero-order chi connectivity index (χ0) is 20.5. The van der Waals surface area contributed by atoms with Gasteiger partial charge >= 0.3 is 6.03 Å². The maximum absolute atomic E-state index is 12.4. The van der Waals surface area contributed by atoms with Crippen LogP contribution in [0.3, 0.4) is 0 Å². The van der Waals surface area contributed by atoms with E-state index in [0.717, 1.165) is 0 Å². The Morgan fingerprint density at radius 1 is 0.793 bits per heavy atom. The predicted octanol–water partition coefficient (Wildman–Crippen LogP) is 5.15. The van der Waals surface area contributed by atoms with Gasteiger partial charge in [-0.25, -0.2) is 4.79 Å². The van der Waals surface area contributed by atoms with E-state index in [0.29, 0.717) is 35.0 Å². The van der Waals surface area contributed by atoms with Gasteiger partial charge in [0.25, 0.3) is 5.91 Å². The maximum atomic E-state index is 12.4. The molecule has 0 aliphatic heterocycles. The lowest BCUT2D eigenvalue weighted by Crippen LogP contribution is -2.19. The molecule has 6 heteroatoms. The largest absolute Gasteiger partial charge is 0.489 e. The number of carbonyl (C=O) groups is 2. The summed E-state index contributed by atoms with van der Waals surface area (Å²) >= 11 is 0. The minimum Gasteiger partial charge on any atom is -0.489 e. The molecule has 0 atom stereocenters. The highest BCUT2D eigenvalue weighted by Crippen LogP contribution is 2.19. The van der Waals surface area contributed by atoms with Crippen molar-refractivity contribution in [3.05, 3.63) is 97.1 Å². The number of anilines is 3. The number of para-hydroxylation sites is 1. The highest BCUT2D eigenvalue weighted by molar-refractivity contribution is 6.05. The van der Waals surface area contributed by atoms with Gasteiger partial charge in [-0.3, -0.25) is 4.79 Å². The summed E-state index contributed by atoms with van der Waals surface area (Å²) < 4.78 is 5.46. The Labute approximate surface area is 169 Å². The first-order valence-corrected chi connectivity index (χ1v) is 9.02. The lowest BCUT2D eigenvalue weighted by molar-refractivity contribution is 0.102. The Morgan fingerprint density at radius 2 is 1.45 bits per heavy atom. The fourth-order valence-corrected chi connectivity index (χ4v) is 2.54. The molecule has 0 radical (unpaired) electrons.